The Morgan fingerprint density at radius 3 is 2.58 bits per heavy atom. The number of carbonyl (C=O) groups is 2. The maximum Gasteiger partial charge on any atom is 0.326 e. The van der Waals surface area contributed by atoms with Gasteiger partial charge in [0.1, 0.15) is 17.8 Å². The number of hydrogen-bond donors (Lipinski definition) is 2. The predicted octanol–water partition coefficient (Wildman–Crippen LogP) is 2.29. The Labute approximate surface area is 213 Å². The van der Waals surface area contributed by atoms with E-state index in [-0.39, 0.29) is 17.9 Å². The van der Waals surface area contributed by atoms with Crippen LogP contribution in [0.4, 0.5) is 0 Å². The second kappa shape index (κ2) is 12.3. The monoisotopic (exact) mass is 517 g/mol. The fourth-order valence-electron chi connectivity index (χ4n) is 4.17. The van der Waals surface area contributed by atoms with Crippen molar-refractivity contribution in [2.24, 2.45) is 0 Å². The van der Waals surface area contributed by atoms with Gasteiger partial charge >= 0.3 is 5.97 Å². The molecule has 2 atom stereocenters. The molecule has 1 fully saturated rings. The van der Waals surface area contributed by atoms with Crippen molar-refractivity contribution in [1.82, 2.24) is 14.5 Å². The number of sulfonamides is 1. The molecular weight excluding hydrogens is 482 g/mol. The van der Waals surface area contributed by atoms with E-state index < -0.39 is 34.0 Å². The molecule has 0 bridgehead atoms. The number of carboxylic acids is 1. The predicted molar refractivity (Wildman–Crippen MR) is 136 cm³/mol. The first kappa shape index (κ1) is 27.6. The molecule has 1 saturated heterocycles. The molecule has 1 aliphatic heterocycles. The lowest BCUT2D eigenvalue weighted by Crippen LogP contribution is -2.51. The van der Waals surface area contributed by atoms with Crippen LogP contribution in [-0.2, 0) is 26.0 Å². The molecule has 0 unspecified atom stereocenters. The summed E-state index contributed by atoms with van der Waals surface area (Å²) in [6, 6.07) is 11.4. The molecule has 2 aromatic carbocycles. The molecule has 1 amide bonds. The molecule has 1 heterocycles. The fourth-order valence-corrected chi connectivity index (χ4v) is 5.83. The van der Waals surface area contributed by atoms with Gasteiger partial charge in [-0.2, -0.15) is 4.31 Å². The molecule has 1 aliphatic rings. The fraction of sp³-hybridized carbons (Fsp3) is 0.462. The van der Waals surface area contributed by atoms with Crippen molar-refractivity contribution in [3.8, 4) is 5.75 Å². The van der Waals surface area contributed by atoms with Gasteiger partial charge in [0.05, 0.1) is 11.5 Å². The number of amides is 1. The quantitative estimate of drug-likeness (QED) is 0.415. The number of rotatable bonds is 12. The number of nitrogens with zero attached hydrogens (tertiary/aromatic N) is 2. The first-order valence-corrected chi connectivity index (χ1v) is 13.5. The maximum absolute atomic E-state index is 13.2. The second-order valence-electron chi connectivity index (χ2n) is 9.34. The molecular formula is C26H35N3O6S. The third kappa shape index (κ3) is 7.28. The average Bonchev–Trinajstić information content (AvgIpc) is 3.33. The van der Waals surface area contributed by atoms with Gasteiger partial charge in [-0.05, 0) is 70.1 Å². The number of aliphatic carboxylic acids is 1. The minimum Gasteiger partial charge on any atom is -0.494 e. The van der Waals surface area contributed by atoms with E-state index in [0.717, 1.165) is 18.5 Å². The van der Waals surface area contributed by atoms with Crippen molar-refractivity contribution in [3.05, 3.63) is 59.7 Å². The van der Waals surface area contributed by atoms with E-state index >= 15 is 0 Å². The molecule has 9 nitrogen and oxygen atoms in total. The van der Waals surface area contributed by atoms with E-state index in [2.05, 4.69) is 10.2 Å². The summed E-state index contributed by atoms with van der Waals surface area (Å²) in [7, 11) is 0.0982. The van der Waals surface area contributed by atoms with Crippen molar-refractivity contribution < 1.29 is 27.9 Å². The highest BCUT2D eigenvalue weighted by atomic mass is 32.2. The third-order valence-corrected chi connectivity index (χ3v) is 8.03. The van der Waals surface area contributed by atoms with Gasteiger partial charge in [-0.15, -0.1) is 0 Å². The van der Waals surface area contributed by atoms with Gasteiger partial charge < -0.3 is 20.1 Å². The highest BCUT2D eigenvalue weighted by molar-refractivity contribution is 7.89. The zero-order valence-corrected chi connectivity index (χ0v) is 21.8. The molecule has 2 aromatic rings. The first-order valence-electron chi connectivity index (χ1n) is 12.1. The zero-order chi connectivity index (χ0) is 26.3. The van der Waals surface area contributed by atoms with Gasteiger partial charge in [0.15, 0.2) is 0 Å². The number of ether oxygens (including phenoxy) is 1. The standard InChI is InChI=1S/C26H35N3O6S/c1-19-10-12-22(13-11-19)36(33,34)29-15-5-9-24(29)25(30)27-23(26(31)32)18-20-7-4-8-21(17-20)35-16-6-14-28(2)3/h4,7-8,10-13,17,23-24H,5-6,9,14-16,18H2,1-3H3,(H,27,30)(H,31,32)/t23-,24-/m0/s1. The molecule has 0 radical (unpaired) electrons. The summed E-state index contributed by atoms with van der Waals surface area (Å²) in [5.41, 5.74) is 1.63. The summed E-state index contributed by atoms with van der Waals surface area (Å²) in [5.74, 6) is -1.16. The average molecular weight is 518 g/mol. The third-order valence-electron chi connectivity index (χ3n) is 6.11. The SMILES string of the molecule is Cc1ccc(S(=O)(=O)N2CCC[C@H]2C(=O)N[C@@H](Cc2cccc(OCCCN(C)C)c2)C(=O)O)cc1. The Kier molecular flexibility index (Phi) is 9.47. The normalized spacial score (nSPS) is 17.2. The molecule has 196 valence electrons. The van der Waals surface area contributed by atoms with Crippen LogP contribution in [0.25, 0.3) is 0 Å². The molecule has 0 aromatic heterocycles. The van der Waals surface area contributed by atoms with Crippen molar-refractivity contribution in [1.29, 1.82) is 0 Å². The van der Waals surface area contributed by atoms with Crippen LogP contribution in [0.2, 0.25) is 0 Å². The largest absolute Gasteiger partial charge is 0.494 e. The van der Waals surface area contributed by atoms with E-state index in [0.29, 0.717) is 30.8 Å². The lowest BCUT2D eigenvalue weighted by Gasteiger charge is -2.25. The van der Waals surface area contributed by atoms with Crippen LogP contribution in [0.1, 0.15) is 30.4 Å². The second-order valence-corrected chi connectivity index (χ2v) is 11.2. The number of nitrogens with one attached hydrogen (secondary N) is 1. The minimum atomic E-state index is -3.88. The van der Waals surface area contributed by atoms with Gasteiger partial charge in [0, 0.05) is 19.5 Å². The van der Waals surface area contributed by atoms with Crippen LogP contribution in [0, 0.1) is 6.92 Å². The van der Waals surface area contributed by atoms with Crippen molar-refractivity contribution in [2.75, 3.05) is 33.8 Å². The summed E-state index contributed by atoms with van der Waals surface area (Å²) >= 11 is 0. The number of carboxylic acid groups (broad SMARTS) is 1. The van der Waals surface area contributed by atoms with Gasteiger partial charge in [-0.1, -0.05) is 29.8 Å². The van der Waals surface area contributed by atoms with Crippen LogP contribution in [0.5, 0.6) is 5.75 Å². The van der Waals surface area contributed by atoms with Gasteiger partial charge in [-0.3, -0.25) is 4.79 Å². The number of hydrogen-bond acceptors (Lipinski definition) is 6. The van der Waals surface area contributed by atoms with E-state index in [9.17, 15) is 23.1 Å². The molecule has 2 N–H and O–H groups in total. The highest BCUT2D eigenvalue weighted by Gasteiger charge is 2.40. The summed E-state index contributed by atoms with van der Waals surface area (Å²) < 4.78 is 33.3. The zero-order valence-electron chi connectivity index (χ0n) is 21.0. The summed E-state index contributed by atoms with van der Waals surface area (Å²) in [5, 5.41) is 12.3. The van der Waals surface area contributed by atoms with Gasteiger partial charge in [-0.25, -0.2) is 13.2 Å². The minimum absolute atomic E-state index is 0.0490. The smallest absolute Gasteiger partial charge is 0.326 e. The summed E-state index contributed by atoms with van der Waals surface area (Å²) in [6.45, 7) is 3.50. The van der Waals surface area contributed by atoms with E-state index in [1.165, 1.54) is 16.4 Å². The number of carbonyl (C=O) groups excluding carboxylic acids is 1. The Hall–Kier alpha value is -2.95. The van der Waals surface area contributed by atoms with Crippen LogP contribution < -0.4 is 10.1 Å². The molecule has 3 rings (SSSR count). The molecule has 36 heavy (non-hydrogen) atoms. The summed E-state index contributed by atoms with van der Waals surface area (Å²) in [4.78, 5) is 27.2. The van der Waals surface area contributed by atoms with Crippen molar-refractivity contribution in [3.63, 3.8) is 0 Å². The van der Waals surface area contributed by atoms with Gasteiger partial charge in [0.2, 0.25) is 15.9 Å². The first-order chi connectivity index (χ1) is 17.1. The Bertz CT molecular complexity index is 1150. The molecule has 0 aliphatic carbocycles. The lowest BCUT2D eigenvalue weighted by molar-refractivity contribution is -0.142. The Morgan fingerprint density at radius 2 is 1.92 bits per heavy atom. The Morgan fingerprint density at radius 1 is 1.19 bits per heavy atom. The van der Waals surface area contributed by atoms with Crippen molar-refractivity contribution in [2.45, 2.75) is 49.6 Å². The van der Waals surface area contributed by atoms with Crippen LogP contribution in [-0.4, -0.2) is 80.5 Å². The lowest BCUT2D eigenvalue weighted by atomic mass is 10.0. The van der Waals surface area contributed by atoms with E-state index in [4.69, 9.17) is 4.74 Å². The van der Waals surface area contributed by atoms with Crippen LogP contribution in [0.3, 0.4) is 0 Å². The molecule has 0 saturated carbocycles. The van der Waals surface area contributed by atoms with E-state index in [1.807, 2.05) is 21.0 Å². The Balaban J connectivity index is 1.66. The number of aryl methyl sites for hydroxylation is 1. The summed E-state index contributed by atoms with van der Waals surface area (Å²) in [6.07, 6.45) is 1.76. The topological polar surface area (TPSA) is 116 Å². The molecule has 10 heteroatoms. The maximum atomic E-state index is 13.2. The highest BCUT2D eigenvalue weighted by Crippen LogP contribution is 2.26. The van der Waals surface area contributed by atoms with E-state index in [1.54, 1.807) is 36.4 Å². The molecule has 0 spiro atoms. The number of benzene rings is 2. The van der Waals surface area contributed by atoms with Crippen LogP contribution >= 0.6 is 0 Å². The van der Waals surface area contributed by atoms with Gasteiger partial charge in [0.25, 0.3) is 0 Å². The van der Waals surface area contributed by atoms with Crippen LogP contribution in [0.15, 0.2) is 53.4 Å². The van der Waals surface area contributed by atoms with Crippen molar-refractivity contribution >= 4 is 21.9 Å².